The van der Waals surface area contributed by atoms with Crippen LogP contribution >= 0.6 is 15.9 Å². The summed E-state index contributed by atoms with van der Waals surface area (Å²) in [4.78, 5) is 0.431. The van der Waals surface area contributed by atoms with Gasteiger partial charge in [0, 0.05) is 4.83 Å². The monoisotopic (exact) mass is 254 g/mol. The van der Waals surface area contributed by atoms with Crippen LogP contribution in [0, 0.1) is 0 Å². The van der Waals surface area contributed by atoms with Gasteiger partial charge in [0.05, 0.1) is 6.61 Å². The van der Waals surface area contributed by atoms with Crippen molar-refractivity contribution in [1.29, 1.82) is 0 Å². The first kappa shape index (κ1) is 11.5. The Labute approximate surface area is 93.6 Å². The molecule has 1 N–H and O–H groups in total. The highest BCUT2D eigenvalue weighted by Crippen LogP contribution is 2.22. The van der Waals surface area contributed by atoms with Gasteiger partial charge in [-0.1, -0.05) is 59.3 Å². The molecule has 1 atom stereocenters. The van der Waals surface area contributed by atoms with Crippen molar-refractivity contribution in [1.82, 2.24) is 0 Å². The zero-order valence-corrected chi connectivity index (χ0v) is 9.87. The number of rotatable bonds is 4. The lowest BCUT2D eigenvalue weighted by molar-refractivity contribution is 0.343. The highest BCUT2D eigenvalue weighted by atomic mass is 79.9. The quantitative estimate of drug-likeness (QED) is 0.819. The van der Waals surface area contributed by atoms with E-state index in [-0.39, 0.29) is 6.61 Å². The lowest BCUT2D eigenvalue weighted by atomic mass is 10.0. The Hall–Kier alpha value is -0.600. The summed E-state index contributed by atoms with van der Waals surface area (Å²) < 4.78 is 0. The van der Waals surface area contributed by atoms with Crippen molar-refractivity contribution in [3.05, 3.63) is 42.0 Å². The minimum Gasteiger partial charge on any atom is -0.392 e. The van der Waals surface area contributed by atoms with Crippen LogP contribution < -0.4 is 0 Å². The van der Waals surface area contributed by atoms with Crippen LogP contribution in [0.5, 0.6) is 0 Å². The number of halogens is 1. The van der Waals surface area contributed by atoms with E-state index >= 15 is 0 Å². The van der Waals surface area contributed by atoms with Gasteiger partial charge in [-0.3, -0.25) is 0 Å². The molecular weight excluding hydrogens is 240 g/mol. The fraction of sp³-hybridized carbons (Fsp3) is 0.333. The number of benzene rings is 1. The minimum absolute atomic E-state index is 0.101. The summed E-state index contributed by atoms with van der Waals surface area (Å²) in [6.45, 7) is 2.21. The van der Waals surface area contributed by atoms with E-state index in [4.69, 9.17) is 5.11 Å². The molecule has 0 aliphatic rings. The Morgan fingerprint density at radius 1 is 1.43 bits per heavy atom. The first-order chi connectivity index (χ1) is 6.74. The van der Waals surface area contributed by atoms with Crippen molar-refractivity contribution < 1.29 is 5.11 Å². The van der Waals surface area contributed by atoms with Crippen molar-refractivity contribution in [2.75, 3.05) is 6.61 Å². The van der Waals surface area contributed by atoms with Gasteiger partial charge in [-0.15, -0.1) is 0 Å². The summed E-state index contributed by atoms with van der Waals surface area (Å²) in [6.07, 6.45) is 2.80. The second-order valence-corrected chi connectivity index (χ2v) is 4.83. The van der Waals surface area contributed by atoms with Crippen LogP contribution in [0.2, 0.25) is 0 Å². The Bertz CT molecular complexity index is 290. The second-order valence-electron chi connectivity index (χ2n) is 3.26. The molecule has 1 aromatic rings. The van der Waals surface area contributed by atoms with Crippen LogP contribution in [0.3, 0.4) is 0 Å². The van der Waals surface area contributed by atoms with Crippen LogP contribution in [-0.2, 0) is 0 Å². The van der Waals surface area contributed by atoms with E-state index in [2.05, 4.69) is 35.0 Å². The van der Waals surface area contributed by atoms with Crippen LogP contribution in [0.25, 0.3) is 5.57 Å². The summed E-state index contributed by atoms with van der Waals surface area (Å²) in [5.74, 6) is 0. The number of hydrogen-bond donors (Lipinski definition) is 1. The van der Waals surface area contributed by atoms with Crippen molar-refractivity contribution >= 4 is 21.5 Å². The molecule has 0 fully saturated rings. The van der Waals surface area contributed by atoms with Gasteiger partial charge in [-0.2, -0.15) is 0 Å². The molecule has 0 aliphatic heterocycles. The minimum atomic E-state index is 0.101. The van der Waals surface area contributed by atoms with E-state index in [9.17, 15) is 0 Å². The number of hydrogen-bond acceptors (Lipinski definition) is 1. The molecule has 14 heavy (non-hydrogen) atoms. The fourth-order valence-corrected chi connectivity index (χ4v) is 1.73. The van der Waals surface area contributed by atoms with E-state index in [1.165, 1.54) is 11.1 Å². The molecule has 0 saturated carbocycles. The second kappa shape index (κ2) is 5.99. The molecule has 1 nitrogen and oxygen atoms in total. The predicted octanol–water partition coefficient (Wildman–Crippen LogP) is 3.24. The van der Waals surface area contributed by atoms with Crippen molar-refractivity contribution in [2.45, 2.75) is 18.2 Å². The summed E-state index contributed by atoms with van der Waals surface area (Å²) in [5, 5.41) is 8.92. The maximum atomic E-state index is 8.92. The Morgan fingerprint density at radius 2 is 2.07 bits per heavy atom. The SMILES string of the molecule is CC(Br)C/C(=C\CO)c1ccccc1. The fourth-order valence-electron chi connectivity index (χ4n) is 1.38. The zero-order chi connectivity index (χ0) is 10.4. The van der Waals surface area contributed by atoms with Gasteiger partial charge in [-0.05, 0) is 17.6 Å². The van der Waals surface area contributed by atoms with Gasteiger partial charge in [0.2, 0.25) is 0 Å². The molecule has 0 radical (unpaired) electrons. The lowest BCUT2D eigenvalue weighted by Gasteiger charge is -2.09. The first-order valence-corrected chi connectivity index (χ1v) is 5.65. The van der Waals surface area contributed by atoms with E-state index in [1.54, 1.807) is 0 Å². The molecule has 1 aromatic carbocycles. The molecule has 1 unspecified atom stereocenters. The molecule has 0 amide bonds. The summed E-state index contributed by atoms with van der Waals surface area (Å²) in [5.41, 5.74) is 2.38. The molecule has 76 valence electrons. The first-order valence-electron chi connectivity index (χ1n) is 4.73. The molecule has 0 aromatic heterocycles. The molecule has 1 rings (SSSR count). The standard InChI is InChI=1S/C12H15BrO/c1-10(13)9-12(7-8-14)11-5-3-2-4-6-11/h2-7,10,14H,8-9H2,1H3/b12-7+. The summed E-state index contributed by atoms with van der Waals surface area (Å²) in [6, 6.07) is 10.2. The Balaban J connectivity index is 2.84. The van der Waals surface area contributed by atoms with E-state index in [0.29, 0.717) is 4.83 Å². The molecule has 0 aliphatic carbocycles. The van der Waals surface area contributed by atoms with Crippen molar-refractivity contribution in [2.24, 2.45) is 0 Å². The topological polar surface area (TPSA) is 20.2 Å². The summed E-state index contributed by atoms with van der Waals surface area (Å²) >= 11 is 3.52. The smallest absolute Gasteiger partial charge is 0.0618 e. The largest absolute Gasteiger partial charge is 0.392 e. The third kappa shape index (κ3) is 3.64. The van der Waals surface area contributed by atoms with E-state index in [1.807, 2.05) is 24.3 Å². The van der Waals surface area contributed by atoms with Crippen LogP contribution in [0.1, 0.15) is 18.9 Å². The lowest BCUT2D eigenvalue weighted by Crippen LogP contribution is -1.94. The van der Waals surface area contributed by atoms with Gasteiger partial charge in [0.15, 0.2) is 0 Å². The van der Waals surface area contributed by atoms with Crippen molar-refractivity contribution in [3.63, 3.8) is 0 Å². The molecule has 0 bridgehead atoms. The Morgan fingerprint density at radius 3 is 2.57 bits per heavy atom. The van der Waals surface area contributed by atoms with Crippen LogP contribution in [0.4, 0.5) is 0 Å². The molecule has 2 heteroatoms. The number of alkyl halides is 1. The van der Waals surface area contributed by atoms with Crippen LogP contribution in [0.15, 0.2) is 36.4 Å². The third-order valence-corrected chi connectivity index (χ3v) is 2.31. The molecule has 0 spiro atoms. The van der Waals surface area contributed by atoms with Crippen molar-refractivity contribution in [3.8, 4) is 0 Å². The van der Waals surface area contributed by atoms with Gasteiger partial charge in [0.25, 0.3) is 0 Å². The zero-order valence-electron chi connectivity index (χ0n) is 8.28. The summed E-state index contributed by atoms with van der Waals surface area (Å²) in [7, 11) is 0. The maximum Gasteiger partial charge on any atom is 0.0618 e. The highest BCUT2D eigenvalue weighted by molar-refractivity contribution is 9.09. The molecular formula is C12H15BrO. The van der Waals surface area contributed by atoms with Crippen LogP contribution in [-0.4, -0.2) is 16.5 Å². The highest BCUT2D eigenvalue weighted by Gasteiger charge is 2.04. The third-order valence-electron chi connectivity index (χ3n) is 1.98. The number of aliphatic hydroxyl groups excluding tert-OH is 1. The average molecular weight is 255 g/mol. The Kier molecular flexibility index (Phi) is 4.91. The number of aliphatic hydroxyl groups is 1. The molecule has 0 saturated heterocycles. The van der Waals surface area contributed by atoms with E-state index < -0.39 is 0 Å². The predicted molar refractivity (Wildman–Crippen MR) is 64.5 cm³/mol. The number of allylic oxidation sites excluding steroid dienone is 1. The van der Waals surface area contributed by atoms with Gasteiger partial charge >= 0.3 is 0 Å². The van der Waals surface area contributed by atoms with Gasteiger partial charge in [0.1, 0.15) is 0 Å². The van der Waals surface area contributed by atoms with Gasteiger partial charge in [-0.25, -0.2) is 0 Å². The maximum absolute atomic E-state index is 8.92. The normalized spacial score (nSPS) is 14.1. The van der Waals surface area contributed by atoms with Gasteiger partial charge < -0.3 is 5.11 Å². The molecule has 0 heterocycles. The van der Waals surface area contributed by atoms with E-state index in [0.717, 1.165) is 6.42 Å². The average Bonchev–Trinajstić information content (AvgIpc) is 2.18.